The summed E-state index contributed by atoms with van der Waals surface area (Å²) in [5.74, 6) is 0.187. The predicted molar refractivity (Wildman–Crippen MR) is 106 cm³/mol. The van der Waals surface area contributed by atoms with Crippen molar-refractivity contribution < 1.29 is 14.6 Å². The van der Waals surface area contributed by atoms with Crippen LogP contribution in [0.25, 0.3) is 0 Å². The van der Waals surface area contributed by atoms with Crippen LogP contribution in [0.5, 0.6) is 0 Å². The molecule has 0 aliphatic carbocycles. The molecule has 2 aliphatic rings. The molecule has 2 fully saturated rings. The van der Waals surface area contributed by atoms with Crippen molar-refractivity contribution in [2.75, 3.05) is 13.1 Å². The molecule has 0 bridgehead atoms. The minimum atomic E-state index is -0.356. The Morgan fingerprint density at radius 1 is 1.25 bits per heavy atom. The molecule has 4 rings (SSSR count). The molecule has 3 heterocycles. The average Bonchev–Trinajstić information content (AvgIpc) is 3.11. The van der Waals surface area contributed by atoms with E-state index in [0.717, 1.165) is 24.1 Å². The highest BCUT2D eigenvalue weighted by atomic mass is 16.5. The van der Waals surface area contributed by atoms with Gasteiger partial charge in [0.25, 0.3) is 0 Å². The maximum Gasteiger partial charge on any atom is 0.222 e. The number of carbonyl (C=O) groups excluding carboxylic acids is 1. The van der Waals surface area contributed by atoms with Gasteiger partial charge in [-0.3, -0.25) is 9.48 Å². The fourth-order valence-corrected chi connectivity index (χ4v) is 4.55. The largest absolute Gasteiger partial charge is 0.393 e. The van der Waals surface area contributed by atoms with E-state index in [0.29, 0.717) is 38.8 Å². The van der Waals surface area contributed by atoms with E-state index in [1.54, 1.807) is 6.20 Å². The third-order valence-corrected chi connectivity index (χ3v) is 6.20. The molecule has 1 amide bonds. The Bertz CT molecular complexity index is 796. The maximum absolute atomic E-state index is 12.6. The average molecular weight is 383 g/mol. The molecule has 1 aromatic heterocycles. The van der Waals surface area contributed by atoms with E-state index >= 15 is 0 Å². The van der Waals surface area contributed by atoms with Gasteiger partial charge in [-0.15, -0.1) is 0 Å². The summed E-state index contributed by atoms with van der Waals surface area (Å²) in [7, 11) is 1.90. The lowest BCUT2D eigenvalue weighted by molar-refractivity contribution is -0.185. The molecule has 6 nitrogen and oxygen atoms in total. The van der Waals surface area contributed by atoms with Crippen LogP contribution < -0.4 is 0 Å². The molecule has 2 saturated heterocycles. The maximum atomic E-state index is 12.6. The monoisotopic (exact) mass is 383 g/mol. The van der Waals surface area contributed by atoms with Crippen LogP contribution in [0.2, 0.25) is 0 Å². The number of ether oxygens (including phenoxy) is 1. The summed E-state index contributed by atoms with van der Waals surface area (Å²) in [6.07, 6.45) is 5.41. The van der Waals surface area contributed by atoms with Crippen LogP contribution >= 0.6 is 0 Å². The van der Waals surface area contributed by atoms with Crippen LogP contribution in [0, 0.1) is 0 Å². The summed E-state index contributed by atoms with van der Waals surface area (Å²) in [6.45, 7) is 1.39. The Morgan fingerprint density at radius 3 is 2.68 bits per heavy atom. The molecule has 28 heavy (non-hydrogen) atoms. The molecule has 2 atom stereocenters. The second-order valence-electron chi connectivity index (χ2n) is 8.12. The van der Waals surface area contributed by atoms with E-state index in [1.807, 2.05) is 40.9 Å². The molecule has 0 unspecified atom stereocenters. The number of amides is 1. The fraction of sp³-hybridized carbons (Fsp3) is 0.545. The standard InChI is InChI=1S/C22H29N3O3/c1-24-18(9-12-23-24)7-8-21(27)25-13-10-22(11-14-25)16-19(26)15-20(28-22)17-5-3-2-4-6-17/h2-6,9,12,19-20,26H,7-8,10-11,13-16H2,1H3/t19-,20-/m1/s1. The number of aliphatic hydroxyl groups is 1. The van der Waals surface area contributed by atoms with Crippen molar-refractivity contribution in [1.82, 2.24) is 14.7 Å². The van der Waals surface area contributed by atoms with Gasteiger partial charge in [-0.1, -0.05) is 30.3 Å². The SMILES string of the molecule is Cn1nccc1CCC(=O)N1CCC2(CC1)C[C@H](O)C[C@H](c1ccccc1)O2. The summed E-state index contributed by atoms with van der Waals surface area (Å²) in [5.41, 5.74) is 1.87. The van der Waals surface area contributed by atoms with E-state index in [2.05, 4.69) is 17.2 Å². The topological polar surface area (TPSA) is 67.6 Å². The Balaban J connectivity index is 1.34. The number of hydrogen-bond acceptors (Lipinski definition) is 4. The predicted octanol–water partition coefficient (Wildman–Crippen LogP) is 2.63. The number of aryl methyl sites for hydroxylation is 2. The zero-order valence-electron chi connectivity index (χ0n) is 16.5. The van der Waals surface area contributed by atoms with E-state index in [-0.39, 0.29) is 23.7 Å². The normalized spacial score (nSPS) is 24.4. The van der Waals surface area contributed by atoms with Gasteiger partial charge in [0, 0.05) is 51.3 Å². The Hall–Kier alpha value is -2.18. The number of likely N-dealkylation sites (tertiary alicyclic amines) is 1. The van der Waals surface area contributed by atoms with Crippen molar-refractivity contribution in [2.24, 2.45) is 7.05 Å². The van der Waals surface area contributed by atoms with Crippen molar-refractivity contribution in [2.45, 2.75) is 56.3 Å². The molecule has 6 heteroatoms. The van der Waals surface area contributed by atoms with Gasteiger partial charge in [-0.2, -0.15) is 5.10 Å². The van der Waals surface area contributed by atoms with E-state index in [4.69, 9.17) is 4.74 Å². The second-order valence-corrected chi connectivity index (χ2v) is 8.12. The van der Waals surface area contributed by atoms with E-state index < -0.39 is 0 Å². The van der Waals surface area contributed by atoms with Crippen molar-refractivity contribution in [3.8, 4) is 0 Å². The second kappa shape index (κ2) is 8.05. The summed E-state index contributed by atoms with van der Waals surface area (Å²) in [4.78, 5) is 14.6. The molecule has 1 N–H and O–H groups in total. The summed E-state index contributed by atoms with van der Waals surface area (Å²) in [5, 5.41) is 14.6. The van der Waals surface area contributed by atoms with Crippen LogP contribution in [0.15, 0.2) is 42.6 Å². The zero-order chi connectivity index (χ0) is 19.6. The Morgan fingerprint density at radius 2 is 2.00 bits per heavy atom. The molecule has 0 saturated carbocycles. The van der Waals surface area contributed by atoms with E-state index in [1.165, 1.54) is 0 Å². The van der Waals surface area contributed by atoms with E-state index in [9.17, 15) is 9.90 Å². The third-order valence-electron chi connectivity index (χ3n) is 6.20. The van der Waals surface area contributed by atoms with Gasteiger partial charge < -0.3 is 14.7 Å². The molecule has 0 radical (unpaired) electrons. The van der Waals surface area contributed by atoms with Crippen LogP contribution in [0.4, 0.5) is 0 Å². The quantitative estimate of drug-likeness (QED) is 0.881. The molecule has 1 spiro atoms. The number of piperidine rings is 1. The molecular weight excluding hydrogens is 354 g/mol. The first-order chi connectivity index (χ1) is 13.5. The Labute approximate surface area is 166 Å². The van der Waals surface area contributed by atoms with Gasteiger partial charge in [0.05, 0.1) is 17.8 Å². The lowest BCUT2D eigenvalue weighted by Crippen LogP contribution is -2.52. The minimum Gasteiger partial charge on any atom is -0.393 e. The first-order valence-corrected chi connectivity index (χ1v) is 10.2. The van der Waals surface area contributed by atoms with Crippen molar-refractivity contribution in [3.05, 3.63) is 53.9 Å². The highest BCUT2D eigenvalue weighted by Crippen LogP contribution is 2.43. The van der Waals surface area contributed by atoms with Gasteiger partial charge in [0.2, 0.25) is 5.91 Å². The number of nitrogens with zero attached hydrogens (tertiary/aromatic N) is 3. The van der Waals surface area contributed by atoms with Gasteiger partial charge >= 0.3 is 0 Å². The first-order valence-electron chi connectivity index (χ1n) is 10.2. The summed E-state index contributed by atoms with van der Waals surface area (Å²) < 4.78 is 8.34. The molecule has 2 aliphatic heterocycles. The zero-order valence-corrected chi connectivity index (χ0v) is 16.5. The summed E-state index contributed by atoms with van der Waals surface area (Å²) >= 11 is 0. The molecular formula is C22H29N3O3. The number of aromatic nitrogens is 2. The lowest BCUT2D eigenvalue weighted by atomic mass is 9.81. The van der Waals surface area contributed by atoms with Crippen molar-refractivity contribution in [1.29, 1.82) is 0 Å². The highest BCUT2D eigenvalue weighted by Gasteiger charge is 2.44. The highest BCUT2D eigenvalue weighted by molar-refractivity contribution is 5.76. The minimum absolute atomic E-state index is 0.0722. The van der Waals surface area contributed by atoms with Crippen LogP contribution in [0.3, 0.4) is 0 Å². The fourth-order valence-electron chi connectivity index (χ4n) is 4.55. The van der Waals surface area contributed by atoms with Gasteiger partial charge in [0.1, 0.15) is 0 Å². The smallest absolute Gasteiger partial charge is 0.222 e. The number of hydrogen-bond donors (Lipinski definition) is 1. The Kier molecular flexibility index (Phi) is 5.51. The number of carbonyl (C=O) groups is 1. The molecule has 150 valence electrons. The number of aliphatic hydroxyl groups excluding tert-OH is 1. The van der Waals surface area contributed by atoms with Crippen molar-refractivity contribution >= 4 is 5.91 Å². The van der Waals surface area contributed by atoms with Crippen LogP contribution in [0.1, 0.15) is 49.5 Å². The van der Waals surface area contributed by atoms with Crippen LogP contribution in [-0.4, -0.2) is 50.5 Å². The van der Waals surface area contributed by atoms with Gasteiger partial charge in [-0.05, 0) is 30.9 Å². The van der Waals surface area contributed by atoms with Crippen molar-refractivity contribution in [3.63, 3.8) is 0 Å². The number of rotatable bonds is 4. The lowest BCUT2D eigenvalue weighted by Gasteiger charge is -2.48. The van der Waals surface area contributed by atoms with Gasteiger partial charge in [-0.25, -0.2) is 0 Å². The van der Waals surface area contributed by atoms with Crippen LogP contribution in [-0.2, 0) is 23.0 Å². The third kappa shape index (κ3) is 4.13. The first kappa shape index (κ1) is 19.2. The molecule has 2 aromatic rings. The summed E-state index contributed by atoms with van der Waals surface area (Å²) in [6, 6.07) is 12.1. The number of benzene rings is 1. The molecule has 1 aromatic carbocycles. The van der Waals surface area contributed by atoms with Gasteiger partial charge in [0.15, 0.2) is 0 Å².